The minimum Gasteiger partial charge on any atom is -0.480 e. The Morgan fingerprint density at radius 2 is 1.74 bits per heavy atom. The van der Waals surface area contributed by atoms with Gasteiger partial charge in [-0.2, -0.15) is 10.1 Å². The van der Waals surface area contributed by atoms with Crippen LogP contribution in [0.1, 0.15) is 28.8 Å². The smallest absolute Gasteiger partial charge is 0.226 e. The van der Waals surface area contributed by atoms with Crippen molar-refractivity contribution in [2.24, 2.45) is 0 Å². The summed E-state index contributed by atoms with van der Waals surface area (Å²) in [7, 11) is 0. The maximum absolute atomic E-state index is 15.0. The van der Waals surface area contributed by atoms with Gasteiger partial charge in [-0.25, -0.2) is 9.07 Å². The highest BCUT2D eigenvalue weighted by molar-refractivity contribution is 9.10. The van der Waals surface area contributed by atoms with Crippen molar-refractivity contribution in [3.05, 3.63) is 112 Å². The zero-order valence-corrected chi connectivity index (χ0v) is 17.8. The molecule has 5 nitrogen and oxygen atoms in total. The Balaban J connectivity index is 1.65. The molecular weight excluding hydrogens is 459 g/mol. The number of benzene rings is 3. The largest absolute Gasteiger partial charge is 0.480 e. The van der Waals surface area contributed by atoms with Gasteiger partial charge in [0, 0.05) is 21.2 Å². The maximum atomic E-state index is 15.0. The third-order valence-electron chi connectivity index (χ3n) is 5.69. The summed E-state index contributed by atoms with van der Waals surface area (Å²) in [6.07, 6.45) is 0.905. The van der Waals surface area contributed by atoms with Crippen LogP contribution >= 0.6 is 15.9 Å². The molecule has 0 fully saturated rings. The van der Waals surface area contributed by atoms with Crippen LogP contribution in [-0.2, 0) is 0 Å². The summed E-state index contributed by atoms with van der Waals surface area (Å²) in [5.41, 5.74) is 4.18. The predicted octanol–water partition coefficient (Wildman–Crippen LogP) is 5.74. The van der Waals surface area contributed by atoms with Crippen molar-refractivity contribution < 1.29 is 9.13 Å². The molecule has 4 aromatic rings. The minimum absolute atomic E-state index is 0.306. The number of halogens is 2. The lowest BCUT2D eigenvalue weighted by Gasteiger charge is -2.39. The fourth-order valence-corrected chi connectivity index (χ4v) is 4.59. The standard InChI is InChI=1S/C24H16BrFN4O/c25-15-11-9-14(10-12-15)22-20-21(29-24-27-13-28-30(22)24)17-6-2-4-8-19(17)31-23(20)16-5-1-3-7-18(16)26/h1-13,22-23H,(H,27,28,29)/t22-,23+/m1/s1. The third-order valence-corrected chi connectivity index (χ3v) is 6.22. The number of anilines is 1. The van der Waals surface area contributed by atoms with Crippen molar-refractivity contribution in [2.45, 2.75) is 12.1 Å². The molecule has 6 rings (SSSR count). The lowest BCUT2D eigenvalue weighted by molar-refractivity contribution is 0.218. The van der Waals surface area contributed by atoms with Crippen LogP contribution in [0.25, 0.3) is 5.70 Å². The van der Waals surface area contributed by atoms with Crippen molar-refractivity contribution >= 4 is 27.6 Å². The van der Waals surface area contributed by atoms with E-state index >= 15 is 0 Å². The minimum atomic E-state index is -0.621. The molecule has 0 radical (unpaired) electrons. The Kier molecular flexibility index (Phi) is 4.17. The van der Waals surface area contributed by atoms with Crippen LogP contribution in [0.2, 0.25) is 0 Å². The summed E-state index contributed by atoms with van der Waals surface area (Å²) in [5, 5.41) is 7.91. The lowest BCUT2D eigenvalue weighted by atomic mass is 9.84. The van der Waals surface area contributed by atoms with Crippen LogP contribution in [0, 0.1) is 5.82 Å². The molecular formula is C24H16BrFN4O. The first-order chi connectivity index (χ1) is 15.2. The average molecular weight is 475 g/mol. The van der Waals surface area contributed by atoms with Gasteiger partial charge in [0.15, 0.2) is 6.10 Å². The zero-order valence-electron chi connectivity index (χ0n) is 16.2. The number of hydrogen-bond acceptors (Lipinski definition) is 4. The fourth-order valence-electron chi connectivity index (χ4n) is 4.33. The van der Waals surface area contributed by atoms with Gasteiger partial charge in [-0.05, 0) is 35.9 Å². The number of hydrogen-bond donors (Lipinski definition) is 1. The summed E-state index contributed by atoms with van der Waals surface area (Å²) in [5.74, 6) is 1.03. The summed E-state index contributed by atoms with van der Waals surface area (Å²) in [6.45, 7) is 0. The van der Waals surface area contributed by atoms with Gasteiger partial charge in [0.05, 0.1) is 5.70 Å². The van der Waals surface area contributed by atoms with E-state index in [2.05, 4.69) is 31.3 Å². The van der Waals surface area contributed by atoms with Gasteiger partial charge >= 0.3 is 0 Å². The van der Waals surface area contributed by atoms with Gasteiger partial charge in [0.2, 0.25) is 5.95 Å². The molecule has 3 heterocycles. The molecule has 2 aliphatic rings. The number of nitrogens with zero attached hydrogens (tertiary/aromatic N) is 3. The van der Waals surface area contributed by atoms with Crippen molar-refractivity contribution in [2.75, 3.05) is 5.32 Å². The lowest BCUT2D eigenvalue weighted by Crippen LogP contribution is -2.32. The van der Waals surface area contributed by atoms with Crippen LogP contribution in [0.3, 0.4) is 0 Å². The number of nitrogens with one attached hydrogen (secondary N) is 1. The van der Waals surface area contributed by atoms with Crippen LogP contribution in [0.15, 0.2) is 89.2 Å². The second-order valence-electron chi connectivity index (χ2n) is 7.45. The number of fused-ring (bicyclic) bond motifs is 3. The second-order valence-corrected chi connectivity index (χ2v) is 8.37. The summed E-state index contributed by atoms with van der Waals surface area (Å²) in [4.78, 5) is 4.41. The second kappa shape index (κ2) is 7.06. The Morgan fingerprint density at radius 1 is 0.968 bits per heavy atom. The molecule has 3 aromatic carbocycles. The Hall–Kier alpha value is -3.45. The van der Waals surface area contributed by atoms with E-state index in [9.17, 15) is 4.39 Å². The molecule has 0 aliphatic carbocycles. The van der Waals surface area contributed by atoms with E-state index in [1.807, 2.05) is 59.3 Å². The molecule has 0 bridgehead atoms. The number of aromatic nitrogens is 3. The zero-order chi connectivity index (χ0) is 20.9. The quantitative estimate of drug-likeness (QED) is 0.402. The SMILES string of the molecule is Fc1ccccc1[C@@H]1Oc2ccccc2C2=C1[C@@H](c1ccc(Br)cc1)n1ncnc1N2. The van der Waals surface area contributed by atoms with Crippen LogP contribution in [-0.4, -0.2) is 14.8 Å². The van der Waals surface area contributed by atoms with Gasteiger partial charge in [-0.1, -0.05) is 58.4 Å². The molecule has 0 saturated heterocycles. The molecule has 1 N–H and O–H groups in total. The first-order valence-electron chi connectivity index (χ1n) is 9.87. The molecule has 2 aliphatic heterocycles. The van der Waals surface area contributed by atoms with E-state index in [1.165, 1.54) is 12.4 Å². The van der Waals surface area contributed by atoms with Gasteiger partial charge in [0.25, 0.3) is 0 Å². The molecule has 7 heteroatoms. The van der Waals surface area contributed by atoms with Crippen molar-refractivity contribution in [1.29, 1.82) is 0 Å². The predicted molar refractivity (Wildman–Crippen MR) is 119 cm³/mol. The van der Waals surface area contributed by atoms with Gasteiger partial charge in [0.1, 0.15) is 23.9 Å². The summed E-state index contributed by atoms with van der Waals surface area (Å²) < 4.78 is 24.2. The van der Waals surface area contributed by atoms with E-state index in [0.717, 1.165) is 26.9 Å². The van der Waals surface area contributed by atoms with E-state index in [-0.39, 0.29) is 11.9 Å². The van der Waals surface area contributed by atoms with Crippen LogP contribution in [0.5, 0.6) is 5.75 Å². The van der Waals surface area contributed by atoms with Crippen LogP contribution in [0.4, 0.5) is 10.3 Å². The van der Waals surface area contributed by atoms with E-state index in [0.29, 0.717) is 17.3 Å². The monoisotopic (exact) mass is 474 g/mol. The van der Waals surface area contributed by atoms with E-state index in [4.69, 9.17) is 4.74 Å². The van der Waals surface area contributed by atoms with Gasteiger partial charge in [-0.3, -0.25) is 0 Å². The highest BCUT2D eigenvalue weighted by atomic mass is 79.9. The van der Waals surface area contributed by atoms with Gasteiger partial charge < -0.3 is 10.1 Å². The molecule has 0 saturated carbocycles. The van der Waals surface area contributed by atoms with Crippen molar-refractivity contribution in [1.82, 2.24) is 14.8 Å². The van der Waals surface area contributed by atoms with E-state index in [1.54, 1.807) is 12.1 Å². The molecule has 31 heavy (non-hydrogen) atoms. The van der Waals surface area contributed by atoms with Crippen molar-refractivity contribution in [3.63, 3.8) is 0 Å². The normalized spacial score (nSPS) is 19.0. The average Bonchev–Trinajstić information content (AvgIpc) is 3.27. The van der Waals surface area contributed by atoms with Crippen molar-refractivity contribution in [3.8, 4) is 5.75 Å². The number of para-hydroxylation sites is 1. The topological polar surface area (TPSA) is 52.0 Å². The molecule has 152 valence electrons. The first kappa shape index (κ1) is 18.3. The number of rotatable bonds is 2. The molecule has 1 aromatic heterocycles. The highest BCUT2D eigenvalue weighted by Crippen LogP contribution is 2.50. The Morgan fingerprint density at radius 3 is 2.58 bits per heavy atom. The summed E-state index contributed by atoms with van der Waals surface area (Å²) in [6, 6.07) is 22.3. The molecule has 0 amide bonds. The fraction of sp³-hybridized carbons (Fsp3) is 0.0833. The Bertz CT molecular complexity index is 1330. The molecule has 0 unspecified atom stereocenters. The Labute approximate surface area is 186 Å². The van der Waals surface area contributed by atoms with Gasteiger partial charge in [-0.15, -0.1) is 0 Å². The molecule has 2 atom stereocenters. The van der Waals surface area contributed by atoms with E-state index < -0.39 is 6.10 Å². The number of ether oxygens (including phenoxy) is 1. The molecule has 0 spiro atoms. The summed E-state index contributed by atoms with van der Waals surface area (Å²) >= 11 is 3.51. The van der Waals surface area contributed by atoms with Crippen LogP contribution < -0.4 is 10.1 Å². The maximum Gasteiger partial charge on any atom is 0.226 e. The third kappa shape index (κ3) is 2.88. The first-order valence-corrected chi connectivity index (χ1v) is 10.7. The highest BCUT2D eigenvalue weighted by Gasteiger charge is 2.41.